The Morgan fingerprint density at radius 3 is 2.62 bits per heavy atom. The van der Waals surface area contributed by atoms with Gasteiger partial charge in [0.2, 0.25) is 5.91 Å². The SMILES string of the molecule is Cc1ccc(NC(=O)CNc2ccc(Br)cc2F)c(Cl)c1. The second kappa shape index (κ2) is 6.91. The summed E-state index contributed by atoms with van der Waals surface area (Å²) < 4.78 is 14.2. The molecule has 2 aromatic rings. The van der Waals surface area contributed by atoms with E-state index in [4.69, 9.17) is 11.6 Å². The fourth-order valence-corrected chi connectivity index (χ4v) is 2.34. The molecule has 0 aromatic heterocycles. The number of nitrogens with one attached hydrogen (secondary N) is 2. The maximum atomic E-state index is 13.6. The molecule has 0 unspecified atom stereocenters. The van der Waals surface area contributed by atoms with Gasteiger partial charge in [-0.05, 0) is 42.8 Å². The summed E-state index contributed by atoms with van der Waals surface area (Å²) >= 11 is 9.21. The number of benzene rings is 2. The third-order valence-electron chi connectivity index (χ3n) is 2.77. The molecule has 0 heterocycles. The van der Waals surface area contributed by atoms with Crippen molar-refractivity contribution in [2.75, 3.05) is 17.2 Å². The summed E-state index contributed by atoms with van der Waals surface area (Å²) in [5, 5.41) is 5.88. The van der Waals surface area contributed by atoms with Crippen molar-refractivity contribution in [2.24, 2.45) is 0 Å². The van der Waals surface area contributed by atoms with E-state index < -0.39 is 5.82 Å². The summed E-state index contributed by atoms with van der Waals surface area (Å²) in [4.78, 5) is 11.8. The molecule has 0 spiro atoms. The number of rotatable bonds is 4. The number of amides is 1. The lowest BCUT2D eigenvalue weighted by Crippen LogP contribution is -2.22. The molecular formula is C15H13BrClFN2O. The molecule has 0 saturated heterocycles. The number of hydrogen-bond acceptors (Lipinski definition) is 2. The minimum absolute atomic E-state index is 0.0528. The summed E-state index contributed by atoms with van der Waals surface area (Å²) in [6.45, 7) is 1.86. The Balaban J connectivity index is 1.96. The van der Waals surface area contributed by atoms with Crippen LogP contribution in [0, 0.1) is 12.7 Å². The van der Waals surface area contributed by atoms with Crippen LogP contribution in [-0.4, -0.2) is 12.5 Å². The average Bonchev–Trinajstić information content (AvgIpc) is 2.41. The van der Waals surface area contributed by atoms with Crippen molar-refractivity contribution in [3.05, 3.63) is 57.3 Å². The molecule has 0 bridgehead atoms. The van der Waals surface area contributed by atoms with Crippen LogP contribution in [0.1, 0.15) is 5.56 Å². The molecular weight excluding hydrogens is 359 g/mol. The van der Waals surface area contributed by atoms with Crippen molar-refractivity contribution < 1.29 is 9.18 Å². The predicted octanol–water partition coefficient (Wildman–Crippen LogP) is 4.60. The van der Waals surface area contributed by atoms with Crippen LogP contribution in [0.4, 0.5) is 15.8 Å². The zero-order valence-electron chi connectivity index (χ0n) is 11.2. The number of anilines is 2. The molecule has 6 heteroatoms. The third kappa shape index (κ3) is 4.44. The lowest BCUT2D eigenvalue weighted by atomic mass is 10.2. The van der Waals surface area contributed by atoms with E-state index >= 15 is 0 Å². The van der Waals surface area contributed by atoms with Crippen molar-refractivity contribution in [2.45, 2.75) is 6.92 Å². The molecule has 1 amide bonds. The summed E-state index contributed by atoms with van der Waals surface area (Å²) in [6, 6.07) is 9.93. The van der Waals surface area contributed by atoms with Crippen molar-refractivity contribution in [1.82, 2.24) is 0 Å². The van der Waals surface area contributed by atoms with Gasteiger partial charge in [-0.3, -0.25) is 4.79 Å². The highest BCUT2D eigenvalue weighted by atomic mass is 79.9. The summed E-state index contributed by atoms with van der Waals surface area (Å²) in [5.74, 6) is -0.728. The number of halogens is 3. The van der Waals surface area contributed by atoms with Crippen molar-refractivity contribution in [1.29, 1.82) is 0 Å². The zero-order chi connectivity index (χ0) is 15.4. The van der Waals surface area contributed by atoms with Gasteiger partial charge in [-0.2, -0.15) is 0 Å². The molecule has 0 saturated carbocycles. The first kappa shape index (κ1) is 15.8. The van der Waals surface area contributed by atoms with Gasteiger partial charge >= 0.3 is 0 Å². The molecule has 2 N–H and O–H groups in total. The monoisotopic (exact) mass is 370 g/mol. The molecule has 0 aliphatic heterocycles. The molecule has 0 aliphatic carbocycles. The van der Waals surface area contributed by atoms with Gasteiger partial charge in [-0.15, -0.1) is 0 Å². The molecule has 0 aliphatic rings. The predicted molar refractivity (Wildman–Crippen MR) is 87.4 cm³/mol. The molecule has 2 aromatic carbocycles. The van der Waals surface area contributed by atoms with Crippen molar-refractivity contribution in [3.63, 3.8) is 0 Å². The first-order valence-electron chi connectivity index (χ1n) is 6.20. The highest BCUT2D eigenvalue weighted by molar-refractivity contribution is 9.10. The van der Waals surface area contributed by atoms with Gasteiger partial charge in [-0.25, -0.2) is 4.39 Å². The molecule has 21 heavy (non-hydrogen) atoms. The Morgan fingerprint density at radius 2 is 1.95 bits per heavy atom. The number of carbonyl (C=O) groups is 1. The van der Waals surface area contributed by atoms with E-state index in [1.807, 2.05) is 13.0 Å². The van der Waals surface area contributed by atoms with Gasteiger partial charge in [0.25, 0.3) is 0 Å². The van der Waals surface area contributed by atoms with E-state index in [0.717, 1.165) is 5.56 Å². The summed E-state index contributed by atoms with van der Waals surface area (Å²) in [7, 11) is 0. The molecule has 0 atom stereocenters. The second-order valence-corrected chi connectivity index (χ2v) is 5.83. The summed E-state index contributed by atoms with van der Waals surface area (Å²) in [6.07, 6.45) is 0. The molecule has 2 rings (SSSR count). The maximum Gasteiger partial charge on any atom is 0.243 e. The van der Waals surface area contributed by atoms with E-state index in [1.165, 1.54) is 6.07 Å². The maximum absolute atomic E-state index is 13.6. The van der Waals surface area contributed by atoms with E-state index in [9.17, 15) is 9.18 Å². The minimum atomic E-state index is -0.425. The molecule has 110 valence electrons. The van der Waals surface area contributed by atoms with Gasteiger partial charge < -0.3 is 10.6 Å². The van der Waals surface area contributed by atoms with Crippen LogP contribution < -0.4 is 10.6 Å². The Hall–Kier alpha value is -1.59. The van der Waals surface area contributed by atoms with Crippen molar-refractivity contribution >= 4 is 44.8 Å². The average molecular weight is 372 g/mol. The smallest absolute Gasteiger partial charge is 0.243 e. The second-order valence-electron chi connectivity index (χ2n) is 4.51. The van der Waals surface area contributed by atoms with E-state index in [2.05, 4.69) is 26.6 Å². The summed E-state index contributed by atoms with van der Waals surface area (Å²) in [5.41, 5.74) is 1.81. The van der Waals surface area contributed by atoms with E-state index in [0.29, 0.717) is 15.2 Å². The van der Waals surface area contributed by atoms with E-state index in [-0.39, 0.29) is 18.1 Å². The first-order chi connectivity index (χ1) is 9.95. The van der Waals surface area contributed by atoms with Gasteiger partial charge in [0.15, 0.2) is 0 Å². The van der Waals surface area contributed by atoms with Crippen molar-refractivity contribution in [3.8, 4) is 0 Å². The van der Waals surface area contributed by atoms with Crippen LogP contribution in [0.2, 0.25) is 5.02 Å². The topological polar surface area (TPSA) is 41.1 Å². The molecule has 0 radical (unpaired) electrons. The molecule has 0 fully saturated rings. The van der Waals surface area contributed by atoms with Gasteiger partial charge in [0.05, 0.1) is 22.9 Å². The fourth-order valence-electron chi connectivity index (χ4n) is 1.72. The van der Waals surface area contributed by atoms with Crippen LogP contribution in [0.25, 0.3) is 0 Å². The standard InChI is InChI=1S/C15H13BrClFN2O/c1-9-2-4-13(11(17)6-9)20-15(21)8-19-14-5-3-10(16)7-12(14)18/h2-7,19H,8H2,1H3,(H,20,21). The highest BCUT2D eigenvalue weighted by Crippen LogP contribution is 2.23. The van der Waals surface area contributed by atoms with Crippen LogP contribution in [-0.2, 0) is 4.79 Å². The Morgan fingerprint density at radius 1 is 1.24 bits per heavy atom. The largest absolute Gasteiger partial charge is 0.374 e. The van der Waals surface area contributed by atoms with Gasteiger partial charge in [-0.1, -0.05) is 33.6 Å². The first-order valence-corrected chi connectivity index (χ1v) is 7.38. The number of aryl methyl sites for hydroxylation is 1. The third-order valence-corrected chi connectivity index (χ3v) is 3.58. The Kier molecular flexibility index (Phi) is 5.20. The van der Waals surface area contributed by atoms with Crippen LogP contribution in [0.15, 0.2) is 40.9 Å². The van der Waals surface area contributed by atoms with Crippen LogP contribution >= 0.6 is 27.5 Å². The lowest BCUT2D eigenvalue weighted by Gasteiger charge is -2.10. The number of carbonyl (C=O) groups excluding carboxylic acids is 1. The lowest BCUT2D eigenvalue weighted by molar-refractivity contribution is -0.114. The Labute approximate surface area is 135 Å². The molecule has 3 nitrogen and oxygen atoms in total. The normalized spacial score (nSPS) is 10.3. The highest BCUT2D eigenvalue weighted by Gasteiger charge is 2.08. The van der Waals surface area contributed by atoms with Crippen LogP contribution in [0.3, 0.4) is 0 Å². The minimum Gasteiger partial charge on any atom is -0.374 e. The van der Waals surface area contributed by atoms with E-state index in [1.54, 1.807) is 24.3 Å². The quantitative estimate of drug-likeness (QED) is 0.824. The number of hydrogen-bond donors (Lipinski definition) is 2. The van der Waals surface area contributed by atoms with Gasteiger partial charge in [0, 0.05) is 4.47 Å². The van der Waals surface area contributed by atoms with Gasteiger partial charge in [0.1, 0.15) is 5.82 Å². The Bertz CT molecular complexity index is 679. The zero-order valence-corrected chi connectivity index (χ0v) is 13.6. The van der Waals surface area contributed by atoms with Crippen LogP contribution in [0.5, 0.6) is 0 Å². The fraction of sp³-hybridized carbons (Fsp3) is 0.133.